The summed E-state index contributed by atoms with van der Waals surface area (Å²) in [4.78, 5) is 119. The van der Waals surface area contributed by atoms with Gasteiger partial charge in [0.1, 0.15) is 40.0 Å². The number of hydrogen-bond donors (Lipinski definition) is 4. The number of amides is 3. The number of anilines is 9. The third-order valence-electron chi connectivity index (χ3n) is 31.5. The normalized spacial score (nSPS) is 23.9. The number of ketones is 1. The predicted molar refractivity (Wildman–Crippen MR) is 551 cm³/mol. The summed E-state index contributed by atoms with van der Waals surface area (Å²) in [5.41, 5.74) is 11.6. The van der Waals surface area contributed by atoms with Gasteiger partial charge in [-0.3, -0.25) is 14.4 Å². The summed E-state index contributed by atoms with van der Waals surface area (Å²) in [6.45, 7) is 35.6. The monoisotopic (exact) mass is 2010 g/mol. The molecular weight excluding hydrogens is 1860 g/mol. The Labute approximate surface area is 853 Å². The van der Waals surface area contributed by atoms with Crippen LogP contribution < -0.4 is 45.3 Å². The van der Waals surface area contributed by atoms with Gasteiger partial charge in [-0.2, -0.15) is 0 Å². The van der Waals surface area contributed by atoms with Gasteiger partial charge in [0.05, 0.1) is 94.8 Å². The van der Waals surface area contributed by atoms with Crippen molar-refractivity contribution in [1.29, 1.82) is 0 Å². The summed E-state index contributed by atoms with van der Waals surface area (Å²) < 4.78 is 64.6. The molecule has 0 bridgehead atoms. The molecule has 3 amide bonds. The molecule has 146 heavy (non-hydrogen) atoms. The van der Waals surface area contributed by atoms with Gasteiger partial charge >= 0.3 is 30.2 Å². The maximum atomic E-state index is 12.8. The van der Waals surface area contributed by atoms with E-state index in [1.165, 1.54) is 12.7 Å². The van der Waals surface area contributed by atoms with Crippen molar-refractivity contribution in [2.24, 2.45) is 16.2 Å². The van der Waals surface area contributed by atoms with Gasteiger partial charge in [0, 0.05) is 125 Å². The highest BCUT2D eigenvalue weighted by molar-refractivity contribution is 5.92. The van der Waals surface area contributed by atoms with E-state index in [9.17, 15) is 33.9 Å². The summed E-state index contributed by atoms with van der Waals surface area (Å²) in [6, 6.07) is 17.9. The number of aromatic nitrogens is 12. The number of ether oxygens (including phenoxy) is 10. The van der Waals surface area contributed by atoms with Crippen LogP contribution in [0, 0.1) is 16.2 Å². The van der Waals surface area contributed by atoms with Gasteiger partial charge in [0.15, 0.2) is 69.6 Å². The molecule has 3 unspecified atom stereocenters. The fraction of sp³-hybridized carbons (Fsp3) is 0.639. The number of carboxylic acid groups (broad SMARTS) is 1. The standard InChI is InChI=1S/C37H51N7O5.C36H49N7O6.C35H47N7O6/c1-6-26(45)21-25-11-9-13-28-27(25)12-10-17-43(28)34-31-33(44(41-34)30-14-7-8-20-47-30)39-29(22-38-31)42-18-15-37(16-19-42)23-48-24(2)32(37)40-35(46)49-36(3,4)5;1-23-31(39-34(45)49-35(2,3)4)36(22-48-23)14-17-41(18-15-36)27-21-37-30-32(38-27)43(28-13-6-7-19-47-28)40-33(30)42-16-9-11-25-24(20-29(44)46-5)10-8-12-26(25)42;1-22-30(38-33(45)48-34(2,3)4)35(21-47-22)13-16-40(17-14-35)26-20-36-29-31(37-26)42(27-12-5-6-18-46-27)39-32(29)41-15-8-10-24-23(19-28(43)44)9-7-11-25(24)41/h9,11,13,22,24,30,32H,6-8,10,12,14-21,23H2,1-5H3,(H,40,46);8,10,12,21,23,28,31H,6-7,9,11,13-20,22H2,1-5H3,(H,39,45);7,9,11,20,22,27,30H,5-6,8,10,12-19,21H2,1-4H3,(H,38,45)(H,43,44)/t24-,30?,32+;23-,28?,31+;22-,27?,30+/m000/s1. The lowest BCUT2D eigenvalue weighted by molar-refractivity contribution is -0.140. The summed E-state index contributed by atoms with van der Waals surface area (Å²) in [6.07, 6.45) is 23.9. The van der Waals surface area contributed by atoms with E-state index in [1.54, 1.807) is 0 Å². The van der Waals surface area contributed by atoms with Gasteiger partial charge in [0.25, 0.3) is 0 Å². The lowest BCUT2D eigenvalue weighted by atomic mass is 9.73. The smallest absolute Gasteiger partial charge is 0.407 e. The lowest BCUT2D eigenvalue weighted by Gasteiger charge is -2.42. The predicted octanol–water partition coefficient (Wildman–Crippen LogP) is 16.4. The fourth-order valence-corrected chi connectivity index (χ4v) is 24.0. The molecule has 0 aliphatic carbocycles. The largest absolute Gasteiger partial charge is 0.481 e. The summed E-state index contributed by atoms with van der Waals surface area (Å²) >= 11 is 0. The van der Waals surface area contributed by atoms with Crippen molar-refractivity contribution in [2.45, 2.75) is 322 Å². The maximum Gasteiger partial charge on any atom is 0.407 e. The van der Waals surface area contributed by atoms with Crippen LogP contribution in [-0.4, -0.2) is 259 Å². The van der Waals surface area contributed by atoms with Crippen LogP contribution >= 0.6 is 0 Å². The Hall–Kier alpha value is -11.7. The van der Waals surface area contributed by atoms with Gasteiger partial charge in [0.2, 0.25) is 0 Å². The minimum atomic E-state index is -0.837. The van der Waals surface area contributed by atoms with Crippen LogP contribution in [0.5, 0.6) is 0 Å². The first kappa shape index (κ1) is 103. The Morgan fingerprint density at radius 2 is 0.719 bits per heavy atom. The molecule has 9 atom stereocenters. The summed E-state index contributed by atoms with van der Waals surface area (Å²) in [5, 5.41) is 34.4. The van der Waals surface area contributed by atoms with E-state index >= 15 is 0 Å². The van der Waals surface area contributed by atoms with Crippen LogP contribution in [0.3, 0.4) is 0 Å². The van der Waals surface area contributed by atoms with Crippen molar-refractivity contribution in [1.82, 2.24) is 75.2 Å². The molecule has 786 valence electrons. The molecular formula is C108H147N21O17. The molecule has 12 aliphatic rings. The number of carboxylic acids is 1. The first-order chi connectivity index (χ1) is 70.1. The molecule has 21 rings (SSSR count). The van der Waals surface area contributed by atoms with Crippen LogP contribution in [0.2, 0.25) is 0 Å². The number of nitrogens with one attached hydrogen (secondary N) is 3. The molecule has 4 N–H and O–H groups in total. The minimum absolute atomic E-state index is 0.00868. The Kier molecular flexibility index (Phi) is 30.2. The average molecular weight is 2010 g/mol. The number of carbonyl (C=O) groups is 6. The molecule has 6 aromatic heterocycles. The zero-order chi connectivity index (χ0) is 102. The number of hydrogen-bond acceptors (Lipinski definition) is 31. The van der Waals surface area contributed by atoms with Gasteiger partial charge in [-0.05, 0) is 270 Å². The molecule has 3 aromatic carbocycles. The first-order valence-electron chi connectivity index (χ1n) is 53.3. The van der Waals surface area contributed by atoms with E-state index in [-0.39, 0.29) is 96.0 Å². The number of carbonyl (C=O) groups excluding carboxylic acids is 5. The lowest BCUT2D eigenvalue weighted by Crippen LogP contribution is -2.55. The number of alkyl carbamates (subject to hydrolysis) is 3. The Bertz CT molecular complexity index is 5970. The number of fused-ring (bicyclic) bond motifs is 6. The van der Waals surface area contributed by atoms with E-state index in [2.05, 4.69) is 69.6 Å². The SMILES string of the molecule is CCC(=O)Cc1cccc2c1CCCN2c1nn(C2CCCCO2)c2nc(N3CCC4(CC3)CO[C@@H](C)[C@H]4NC(=O)OC(C)(C)C)cnc12.COC(=O)Cc1cccc2c1CCCN2c1nn(C2CCCCO2)c2nc(N3CCC4(CC3)CO[C@@H](C)[C@H]4NC(=O)OC(C)(C)C)cnc12.C[C@@H]1OCC2(CCN(c3cnc4c(N5CCCc6c(CC(=O)O)cccc65)nn(C5CCCCO5)c4n3)CC2)[C@@H]1NC(=O)OC(C)(C)C. The highest BCUT2D eigenvalue weighted by atomic mass is 16.6. The summed E-state index contributed by atoms with van der Waals surface area (Å²) in [7, 11) is 1.43. The minimum Gasteiger partial charge on any atom is -0.481 e. The fourth-order valence-electron chi connectivity index (χ4n) is 24.0. The zero-order valence-electron chi connectivity index (χ0n) is 87.4. The van der Waals surface area contributed by atoms with Crippen molar-refractivity contribution >= 4 is 121 Å². The number of nitrogens with zero attached hydrogens (tertiary/aromatic N) is 18. The molecule has 9 fully saturated rings. The van der Waals surface area contributed by atoms with Crippen molar-refractivity contribution < 1.29 is 81.2 Å². The number of esters is 1. The number of methoxy groups -OCH3 is 1. The zero-order valence-corrected chi connectivity index (χ0v) is 87.4. The van der Waals surface area contributed by atoms with Gasteiger partial charge in [-0.25, -0.2) is 58.3 Å². The van der Waals surface area contributed by atoms with Crippen molar-refractivity contribution in [3.63, 3.8) is 0 Å². The quantitative estimate of drug-likeness (QED) is 0.0431. The molecule has 0 radical (unpaired) electrons. The number of piperidine rings is 3. The van der Waals surface area contributed by atoms with E-state index in [4.69, 9.17) is 92.6 Å². The second kappa shape index (κ2) is 42.9. The highest BCUT2D eigenvalue weighted by Gasteiger charge is 2.55. The molecule has 9 saturated heterocycles. The Balaban J connectivity index is 0.000000138. The van der Waals surface area contributed by atoms with Crippen molar-refractivity contribution in [3.05, 3.63) is 107 Å². The summed E-state index contributed by atoms with van der Waals surface area (Å²) in [5.74, 6) is 3.83. The van der Waals surface area contributed by atoms with Crippen LogP contribution in [0.25, 0.3) is 33.5 Å². The third kappa shape index (κ3) is 22.0. The first-order valence-corrected chi connectivity index (χ1v) is 53.3. The number of Topliss-reactive ketones (excluding diaryl/α,β-unsaturated/α-hetero) is 1. The molecule has 18 heterocycles. The molecule has 9 aromatic rings. The van der Waals surface area contributed by atoms with E-state index in [0.29, 0.717) is 69.3 Å². The third-order valence-corrected chi connectivity index (χ3v) is 31.5. The van der Waals surface area contributed by atoms with Crippen LogP contribution in [0.15, 0.2) is 73.2 Å². The molecule has 38 heteroatoms. The average Bonchev–Trinajstić information content (AvgIpc) is 1.55. The van der Waals surface area contributed by atoms with Crippen molar-refractivity contribution in [3.8, 4) is 0 Å². The second-order valence-corrected chi connectivity index (χ2v) is 44.8. The van der Waals surface area contributed by atoms with Crippen LogP contribution in [0.1, 0.15) is 264 Å². The Morgan fingerprint density at radius 1 is 0.411 bits per heavy atom. The van der Waals surface area contributed by atoms with Gasteiger partial charge < -0.3 is 97.8 Å². The second-order valence-electron chi connectivity index (χ2n) is 44.8. The van der Waals surface area contributed by atoms with Crippen LogP contribution in [0.4, 0.5) is 66.4 Å². The molecule has 0 saturated carbocycles. The molecule has 38 nitrogen and oxygen atoms in total. The van der Waals surface area contributed by atoms with E-state index in [1.807, 2.05) is 153 Å². The Morgan fingerprint density at radius 3 is 1.00 bits per heavy atom. The van der Waals surface area contributed by atoms with Crippen LogP contribution in [-0.2, 0) is 100 Å². The number of benzene rings is 3. The van der Waals surface area contributed by atoms with E-state index in [0.717, 1.165) is 290 Å². The number of aliphatic carboxylic acids is 1. The highest BCUT2D eigenvalue weighted by Crippen LogP contribution is 2.51. The van der Waals surface area contributed by atoms with Gasteiger partial charge in [-0.1, -0.05) is 43.3 Å². The van der Waals surface area contributed by atoms with E-state index < -0.39 is 41.1 Å². The topological polar surface area (TPSA) is 401 Å². The molecule has 12 aliphatic heterocycles. The number of rotatable bonds is 19. The van der Waals surface area contributed by atoms with Crippen molar-refractivity contribution in [2.75, 3.05) is 135 Å². The maximum absolute atomic E-state index is 12.8. The molecule has 3 spiro atoms. The van der Waals surface area contributed by atoms with Gasteiger partial charge in [-0.15, -0.1) is 15.3 Å².